The molecule has 26 heavy (non-hydrogen) atoms. The van der Waals surface area contributed by atoms with Gasteiger partial charge in [0.2, 0.25) is 0 Å². The number of aromatic amines is 1. The van der Waals surface area contributed by atoms with Crippen LogP contribution in [-0.4, -0.2) is 49.0 Å². The van der Waals surface area contributed by atoms with Crippen molar-refractivity contribution in [2.75, 3.05) is 11.9 Å². The van der Waals surface area contributed by atoms with Crippen LogP contribution in [0.5, 0.6) is 0 Å². The van der Waals surface area contributed by atoms with Crippen LogP contribution in [0.4, 0.5) is 5.82 Å². The van der Waals surface area contributed by atoms with Crippen LogP contribution in [0.15, 0.2) is 30.6 Å². The minimum Gasteiger partial charge on any atom is -0.394 e. The van der Waals surface area contributed by atoms with E-state index in [1.165, 1.54) is 9.90 Å². The smallest absolute Gasteiger partial charge is 0.183 e. The molecule has 4 rings (SSSR count). The number of H-pyrrole nitrogens is 1. The highest BCUT2D eigenvalue weighted by molar-refractivity contribution is 14.1. The fourth-order valence-electron chi connectivity index (χ4n) is 2.99. The Balaban J connectivity index is 1.55. The van der Waals surface area contributed by atoms with Crippen molar-refractivity contribution in [3.63, 3.8) is 0 Å². The third-order valence-corrected chi connectivity index (χ3v) is 5.11. The number of nitrogens with one attached hydrogen (secondary N) is 2. The molecule has 4 N–H and O–H groups in total. The quantitative estimate of drug-likeness (QED) is 0.423. The standard InChI is InChI=1S/C17H18IN5O3/c18-10-3-1-9(2-4-10)6-19-16-14-17(21-8-20-16)23-15(22-14)12-5-11(25)13(7-24)26-12/h1-4,8,11-13,24-25H,5-7H2,(H2,19,20,21,22,23)/t11-,12?,13+/m0/s1. The number of anilines is 1. The summed E-state index contributed by atoms with van der Waals surface area (Å²) >= 11 is 2.27. The maximum Gasteiger partial charge on any atom is 0.183 e. The number of hydrogen-bond acceptors (Lipinski definition) is 7. The van der Waals surface area contributed by atoms with Gasteiger partial charge in [0.25, 0.3) is 0 Å². The normalized spacial score (nSPS) is 22.8. The van der Waals surface area contributed by atoms with E-state index in [2.05, 4.69) is 72.1 Å². The predicted molar refractivity (Wildman–Crippen MR) is 103 cm³/mol. The van der Waals surface area contributed by atoms with Crippen LogP contribution >= 0.6 is 22.6 Å². The second-order valence-electron chi connectivity index (χ2n) is 6.17. The van der Waals surface area contributed by atoms with Crippen LogP contribution < -0.4 is 5.32 Å². The molecule has 0 radical (unpaired) electrons. The Labute approximate surface area is 163 Å². The molecule has 9 heteroatoms. The molecule has 1 aromatic carbocycles. The van der Waals surface area contributed by atoms with Crippen LogP contribution in [-0.2, 0) is 11.3 Å². The Morgan fingerprint density at radius 1 is 1.27 bits per heavy atom. The van der Waals surface area contributed by atoms with Crippen molar-refractivity contribution < 1.29 is 14.9 Å². The number of aromatic nitrogens is 4. The lowest BCUT2D eigenvalue weighted by Crippen LogP contribution is -2.24. The molecule has 0 aliphatic carbocycles. The van der Waals surface area contributed by atoms with Gasteiger partial charge in [0, 0.05) is 16.5 Å². The number of fused-ring (bicyclic) bond motifs is 1. The Morgan fingerprint density at radius 2 is 2.08 bits per heavy atom. The van der Waals surface area contributed by atoms with Gasteiger partial charge in [-0.05, 0) is 40.3 Å². The molecule has 3 heterocycles. The molecule has 2 aromatic heterocycles. The molecule has 0 spiro atoms. The maximum absolute atomic E-state index is 9.91. The number of halogens is 1. The molecule has 1 saturated heterocycles. The fourth-order valence-corrected chi connectivity index (χ4v) is 3.35. The van der Waals surface area contributed by atoms with Gasteiger partial charge in [0.05, 0.1) is 12.7 Å². The summed E-state index contributed by atoms with van der Waals surface area (Å²) in [5.41, 5.74) is 2.37. The van der Waals surface area contributed by atoms with E-state index in [-0.39, 0.29) is 6.61 Å². The van der Waals surface area contributed by atoms with Gasteiger partial charge in [-0.15, -0.1) is 0 Å². The van der Waals surface area contributed by atoms with Gasteiger partial charge in [-0.25, -0.2) is 15.0 Å². The molecule has 0 saturated carbocycles. The van der Waals surface area contributed by atoms with Crippen molar-refractivity contribution in [2.24, 2.45) is 0 Å². The first-order chi connectivity index (χ1) is 12.6. The number of ether oxygens (including phenoxy) is 1. The zero-order chi connectivity index (χ0) is 18.1. The molecule has 1 aliphatic rings. The van der Waals surface area contributed by atoms with E-state index >= 15 is 0 Å². The summed E-state index contributed by atoms with van der Waals surface area (Å²) in [6, 6.07) is 8.24. The molecule has 3 aromatic rings. The first-order valence-electron chi connectivity index (χ1n) is 8.27. The van der Waals surface area contributed by atoms with E-state index in [9.17, 15) is 10.2 Å². The van der Waals surface area contributed by atoms with Crippen molar-refractivity contribution in [3.8, 4) is 0 Å². The van der Waals surface area contributed by atoms with Crippen molar-refractivity contribution in [3.05, 3.63) is 45.6 Å². The van der Waals surface area contributed by atoms with E-state index in [4.69, 9.17) is 4.74 Å². The third-order valence-electron chi connectivity index (χ3n) is 4.39. The lowest BCUT2D eigenvalue weighted by Gasteiger charge is -2.10. The van der Waals surface area contributed by atoms with Crippen LogP contribution in [0.25, 0.3) is 11.2 Å². The van der Waals surface area contributed by atoms with Gasteiger partial charge in [-0.1, -0.05) is 12.1 Å². The number of rotatable bonds is 5. The molecule has 1 fully saturated rings. The number of imidazole rings is 1. The van der Waals surface area contributed by atoms with Crippen molar-refractivity contribution in [1.29, 1.82) is 0 Å². The van der Waals surface area contributed by atoms with Gasteiger partial charge in [0.1, 0.15) is 29.9 Å². The summed E-state index contributed by atoms with van der Waals surface area (Å²) in [5.74, 6) is 1.23. The average molecular weight is 467 g/mol. The minimum absolute atomic E-state index is 0.222. The second-order valence-corrected chi connectivity index (χ2v) is 7.42. The summed E-state index contributed by atoms with van der Waals surface area (Å²) in [4.78, 5) is 16.2. The van der Waals surface area contributed by atoms with E-state index in [1.54, 1.807) is 0 Å². The van der Waals surface area contributed by atoms with Crippen LogP contribution in [0.2, 0.25) is 0 Å². The van der Waals surface area contributed by atoms with Crippen LogP contribution in [0.1, 0.15) is 23.9 Å². The number of benzene rings is 1. The van der Waals surface area contributed by atoms with Crippen molar-refractivity contribution in [1.82, 2.24) is 19.9 Å². The Bertz CT molecular complexity index is 901. The predicted octanol–water partition coefficient (Wildman–Crippen LogP) is 1.75. The zero-order valence-electron chi connectivity index (χ0n) is 13.8. The minimum atomic E-state index is -0.706. The monoisotopic (exact) mass is 467 g/mol. The summed E-state index contributed by atoms with van der Waals surface area (Å²) in [7, 11) is 0. The van der Waals surface area contributed by atoms with Gasteiger partial charge < -0.3 is 25.3 Å². The van der Waals surface area contributed by atoms with E-state index in [0.29, 0.717) is 35.8 Å². The summed E-state index contributed by atoms with van der Waals surface area (Å²) in [5, 5.41) is 22.4. The van der Waals surface area contributed by atoms with Crippen LogP contribution in [0, 0.1) is 3.57 Å². The number of aliphatic hydroxyl groups is 2. The van der Waals surface area contributed by atoms with Gasteiger partial charge >= 0.3 is 0 Å². The van der Waals surface area contributed by atoms with E-state index < -0.39 is 18.3 Å². The van der Waals surface area contributed by atoms with Crippen LogP contribution in [0.3, 0.4) is 0 Å². The topological polar surface area (TPSA) is 116 Å². The maximum atomic E-state index is 9.91. The summed E-state index contributed by atoms with van der Waals surface area (Å²) in [6.07, 6.45) is 0.148. The number of hydrogen-bond donors (Lipinski definition) is 4. The molecule has 0 amide bonds. The highest BCUT2D eigenvalue weighted by Gasteiger charge is 2.36. The highest BCUT2D eigenvalue weighted by Crippen LogP contribution is 2.32. The lowest BCUT2D eigenvalue weighted by molar-refractivity contribution is -0.0244. The molecular weight excluding hydrogens is 449 g/mol. The molecule has 136 valence electrons. The Morgan fingerprint density at radius 3 is 2.81 bits per heavy atom. The molecule has 8 nitrogen and oxygen atoms in total. The van der Waals surface area contributed by atoms with E-state index in [0.717, 1.165) is 5.56 Å². The van der Waals surface area contributed by atoms with Gasteiger partial charge in [-0.2, -0.15) is 0 Å². The SMILES string of the molecule is OC[C@H]1OC(c2nc3ncnc(NCc4ccc(I)cc4)c3[nH]2)C[C@@H]1O. The fraction of sp³-hybridized carbons (Fsp3) is 0.353. The van der Waals surface area contributed by atoms with Crippen molar-refractivity contribution >= 4 is 39.6 Å². The largest absolute Gasteiger partial charge is 0.394 e. The second kappa shape index (κ2) is 7.43. The first kappa shape index (κ1) is 17.6. The van der Waals surface area contributed by atoms with E-state index in [1.807, 2.05) is 0 Å². The first-order valence-corrected chi connectivity index (χ1v) is 9.35. The van der Waals surface area contributed by atoms with Crippen molar-refractivity contribution in [2.45, 2.75) is 31.3 Å². The average Bonchev–Trinajstić information content (AvgIpc) is 3.24. The Hall–Kier alpha value is -1.82. The molecular formula is C17H18IN5O3. The Kier molecular flexibility index (Phi) is 5.02. The number of nitrogens with zero attached hydrogens (tertiary/aromatic N) is 3. The molecule has 3 atom stereocenters. The third kappa shape index (κ3) is 3.52. The van der Waals surface area contributed by atoms with Gasteiger partial charge in [0.15, 0.2) is 11.5 Å². The molecule has 1 aliphatic heterocycles. The number of aliphatic hydroxyl groups excluding tert-OH is 2. The summed E-state index contributed by atoms with van der Waals surface area (Å²) in [6.45, 7) is 0.406. The summed E-state index contributed by atoms with van der Waals surface area (Å²) < 4.78 is 6.84. The molecule has 1 unspecified atom stereocenters. The lowest BCUT2D eigenvalue weighted by atomic mass is 10.1. The highest BCUT2D eigenvalue weighted by atomic mass is 127. The van der Waals surface area contributed by atoms with Gasteiger partial charge in [-0.3, -0.25) is 0 Å². The molecule has 0 bridgehead atoms. The zero-order valence-corrected chi connectivity index (χ0v) is 15.9.